The molecule has 0 radical (unpaired) electrons. The number of hydrogen-bond donors (Lipinski definition) is 2. The van der Waals surface area contributed by atoms with E-state index in [4.69, 9.17) is 15.6 Å². The van der Waals surface area contributed by atoms with Crippen molar-refractivity contribution in [2.75, 3.05) is 6.61 Å². The highest BCUT2D eigenvalue weighted by molar-refractivity contribution is 5.76. The first-order chi connectivity index (χ1) is 8.09. The number of nitrogens with two attached hydrogens (primary N) is 1. The van der Waals surface area contributed by atoms with Crippen LogP contribution < -0.4 is 10.5 Å². The van der Waals surface area contributed by atoms with Crippen molar-refractivity contribution < 1.29 is 19.4 Å². The lowest BCUT2D eigenvalue weighted by atomic mass is 10.2. The molecule has 0 saturated heterocycles. The van der Waals surface area contributed by atoms with Crippen LogP contribution in [0.25, 0.3) is 6.08 Å². The number of aliphatic carboxylic acids is 1. The van der Waals surface area contributed by atoms with E-state index in [-0.39, 0.29) is 6.42 Å². The van der Waals surface area contributed by atoms with Crippen LogP contribution in [0.4, 0.5) is 0 Å². The molecule has 90 valence electrons. The summed E-state index contributed by atoms with van der Waals surface area (Å²) in [6.07, 6.45) is 3.40. The van der Waals surface area contributed by atoms with Gasteiger partial charge in [-0.25, -0.2) is 4.79 Å². The zero-order valence-corrected chi connectivity index (χ0v) is 9.13. The fourth-order valence-electron chi connectivity index (χ4n) is 1.19. The number of carboxylic acid groups (broad SMARTS) is 1. The van der Waals surface area contributed by atoms with E-state index < -0.39 is 18.5 Å². The summed E-state index contributed by atoms with van der Waals surface area (Å²) in [6, 6.07) is 6.95. The molecule has 0 saturated carbocycles. The Morgan fingerprint density at radius 2 is 2.06 bits per heavy atom. The van der Waals surface area contributed by atoms with E-state index in [1.807, 2.05) is 0 Å². The summed E-state index contributed by atoms with van der Waals surface area (Å²) in [6.45, 7) is -0.402. The number of hydrogen-bond acceptors (Lipinski definition) is 3. The summed E-state index contributed by atoms with van der Waals surface area (Å²) in [5.41, 5.74) is 5.70. The summed E-state index contributed by atoms with van der Waals surface area (Å²) >= 11 is 0. The van der Waals surface area contributed by atoms with E-state index in [9.17, 15) is 9.59 Å². The molecule has 5 nitrogen and oxygen atoms in total. The molecule has 17 heavy (non-hydrogen) atoms. The van der Waals surface area contributed by atoms with E-state index in [1.54, 1.807) is 36.4 Å². The summed E-state index contributed by atoms with van der Waals surface area (Å²) in [5, 5.41) is 8.51. The first-order valence-electron chi connectivity index (χ1n) is 4.98. The molecule has 0 fully saturated rings. The first-order valence-corrected chi connectivity index (χ1v) is 4.98. The monoisotopic (exact) mass is 235 g/mol. The van der Waals surface area contributed by atoms with Crippen LogP contribution in [0.3, 0.4) is 0 Å². The molecular formula is C12H13NO4. The highest BCUT2D eigenvalue weighted by Gasteiger charge is 2.02. The van der Waals surface area contributed by atoms with Crippen LogP contribution >= 0.6 is 0 Å². The standard InChI is InChI=1S/C12H13NO4/c13-11(14)7-3-5-9-4-1-2-6-10(9)17-8-12(15)16/h1-6H,7-8H2,(H2,13,14)(H,15,16). The van der Waals surface area contributed by atoms with Gasteiger partial charge in [0, 0.05) is 12.0 Å². The van der Waals surface area contributed by atoms with Gasteiger partial charge in [-0.05, 0) is 6.07 Å². The number of para-hydroxylation sites is 1. The van der Waals surface area contributed by atoms with Crippen molar-refractivity contribution >= 4 is 18.0 Å². The summed E-state index contributed by atoms with van der Waals surface area (Å²) in [5.74, 6) is -1.01. The van der Waals surface area contributed by atoms with Gasteiger partial charge in [-0.1, -0.05) is 30.4 Å². The van der Waals surface area contributed by atoms with Gasteiger partial charge in [-0.15, -0.1) is 0 Å². The second-order valence-corrected chi connectivity index (χ2v) is 3.29. The maximum atomic E-state index is 10.6. The number of carboxylic acids is 1. The Bertz CT molecular complexity index is 440. The molecule has 1 aromatic rings. The third-order valence-electron chi connectivity index (χ3n) is 1.89. The maximum Gasteiger partial charge on any atom is 0.341 e. The molecule has 0 bridgehead atoms. The molecule has 0 aliphatic rings. The lowest BCUT2D eigenvalue weighted by Crippen LogP contribution is -2.10. The van der Waals surface area contributed by atoms with Gasteiger partial charge in [0.25, 0.3) is 0 Å². The molecule has 1 rings (SSSR count). The molecule has 5 heteroatoms. The number of ether oxygens (including phenoxy) is 1. The lowest BCUT2D eigenvalue weighted by Gasteiger charge is -2.06. The zero-order valence-electron chi connectivity index (χ0n) is 9.13. The van der Waals surface area contributed by atoms with E-state index in [1.165, 1.54) is 0 Å². The van der Waals surface area contributed by atoms with Gasteiger partial charge in [0.2, 0.25) is 5.91 Å². The molecule has 0 atom stereocenters. The van der Waals surface area contributed by atoms with Crippen molar-refractivity contribution in [3.63, 3.8) is 0 Å². The number of amides is 1. The molecule has 1 aromatic carbocycles. The Kier molecular flexibility index (Phi) is 4.75. The van der Waals surface area contributed by atoms with Gasteiger partial charge < -0.3 is 15.6 Å². The Balaban J connectivity index is 2.73. The van der Waals surface area contributed by atoms with Crippen LogP contribution in [-0.2, 0) is 9.59 Å². The average molecular weight is 235 g/mol. The SMILES string of the molecule is NC(=O)CC=Cc1ccccc1OCC(=O)O. The van der Waals surface area contributed by atoms with Crippen LogP contribution in [0.1, 0.15) is 12.0 Å². The molecule has 0 aliphatic heterocycles. The molecule has 1 amide bonds. The van der Waals surface area contributed by atoms with Crippen LogP contribution in [0.2, 0.25) is 0 Å². The number of rotatable bonds is 6. The lowest BCUT2D eigenvalue weighted by molar-refractivity contribution is -0.139. The van der Waals surface area contributed by atoms with Crippen molar-refractivity contribution in [3.8, 4) is 5.75 Å². The van der Waals surface area contributed by atoms with Crippen LogP contribution in [-0.4, -0.2) is 23.6 Å². The summed E-state index contributed by atoms with van der Waals surface area (Å²) in [4.78, 5) is 20.9. The van der Waals surface area contributed by atoms with Crippen LogP contribution in [0.5, 0.6) is 5.75 Å². The minimum Gasteiger partial charge on any atom is -0.481 e. The molecular weight excluding hydrogens is 222 g/mol. The topological polar surface area (TPSA) is 89.6 Å². The third-order valence-corrected chi connectivity index (χ3v) is 1.89. The predicted molar refractivity (Wildman–Crippen MR) is 62.4 cm³/mol. The molecule has 0 aliphatic carbocycles. The highest BCUT2D eigenvalue weighted by atomic mass is 16.5. The second kappa shape index (κ2) is 6.32. The summed E-state index contributed by atoms with van der Waals surface area (Å²) in [7, 11) is 0. The van der Waals surface area contributed by atoms with Gasteiger partial charge in [-0.3, -0.25) is 4.79 Å². The van der Waals surface area contributed by atoms with E-state index in [2.05, 4.69) is 0 Å². The van der Waals surface area contributed by atoms with Crippen molar-refractivity contribution in [3.05, 3.63) is 35.9 Å². The predicted octanol–water partition coefficient (Wildman–Crippen LogP) is 1.04. The van der Waals surface area contributed by atoms with Gasteiger partial charge in [0.1, 0.15) is 5.75 Å². The minimum absolute atomic E-state index is 0.132. The number of carbonyl (C=O) groups is 2. The van der Waals surface area contributed by atoms with Crippen LogP contribution in [0, 0.1) is 0 Å². The van der Waals surface area contributed by atoms with E-state index >= 15 is 0 Å². The Hall–Kier alpha value is -2.30. The van der Waals surface area contributed by atoms with Crippen molar-refractivity contribution in [1.82, 2.24) is 0 Å². The third kappa shape index (κ3) is 4.83. The zero-order chi connectivity index (χ0) is 12.7. The van der Waals surface area contributed by atoms with Gasteiger partial charge in [0.15, 0.2) is 6.61 Å². The fraction of sp³-hybridized carbons (Fsp3) is 0.167. The first kappa shape index (κ1) is 12.8. The molecule has 0 aromatic heterocycles. The Morgan fingerprint density at radius 1 is 1.35 bits per heavy atom. The Labute approximate surface area is 98.5 Å². The largest absolute Gasteiger partial charge is 0.481 e. The van der Waals surface area contributed by atoms with Gasteiger partial charge >= 0.3 is 5.97 Å². The fourth-order valence-corrected chi connectivity index (χ4v) is 1.19. The number of benzene rings is 1. The minimum atomic E-state index is -1.04. The summed E-state index contributed by atoms with van der Waals surface area (Å²) < 4.78 is 5.09. The van der Waals surface area contributed by atoms with E-state index in [0.29, 0.717) is 11.3 Å². The quantitative estimate of drug-likeness (QED) is 0.770. The molecule has 0 spiro atoms. The van der Waals surface area contributed by atoms with Gasteiger partial charge in [0.05, 0.1) is 0 Å². The van der Waals surface area contributed by atoms with Crippen molar-refractivity contribution in [1.29, 1.82) is 0 Å². The van der Waals surface area contributed by atoms with Gasteiger partial charge in [-0.2, -0.15) is 0 Å². The molecule has 0 unspecified atom stereocenters. The second-order valence-electron chi connectivity index (χ2n) is 3.29. The molecule has 3 N–H and O–H groups in total. The van der Waals surface area contributed by atoms with Crippen molar-refractivity contribution in [2.45, 2.75) is 6.42 Å². The smallest absolute Gasteiger partial charge is 0.341 e. The normalized spacial score (nSPS) is 10.4. The maximum absolute atomic E-state index is 10.6. The average Bonchev–Trinajstić information content (AvgIpc) is 2.27. The molecule has 0 heterocycles. The van der Waals surface area contributed by atoms with Crippen LogP contribution in [0.15, 0.2) is 30.3 Å². The van der Waals surface area contributed by atoms with Crippen molar-refractivity contribution in [2.24, 2.45) is 5.73 Å². The Morgan fingerprint density at radius 3 is 2.71 bits per heavy atom. The number of primary amides is 1. The highest BCUT2D eigenvalue weighted by Crippen LogP contribution is 2.19. The number of carbonyl (C=O) groups excluding carboxylic acids is 1. The van der Waals surface area contributed by atoms with E-state index in [0.717, 1.165) is 0 Å².